The van der Waals surface area contributed by atoms with Crippen molar-refractivity contribution >= 4 is 23.1 Å². The summed E-state index contributed by atoms with van der Waals surface area (Å²) in [6.07, 6.45) is 1.54. The van der Waals surface area contributed by atoms with Crippen molar-refractivity contribution in [3.8, 4) is 0 Å². The van der Waals surface area contributed by atoms with Crippen molar-refractivity contribution in [3.05, 3.63) is 58.6 Å². The van der Waals surface area contributed by atoms with Gasteiger partial charge in [-0.3, -0.25) is 4.98 Å². The molecule has 0 fully saturated rings. The van der Waals surface area contributed by atoms with Crippen LogP contribution in [0.4, 0.5) is 10.1 Å². The maximum absolute atomic E-state index is 13.2. The number of rotatable bonds is 4. The Morgan fingerprint density at radius 2 is 2.20 bits per heavy atom. The Morgan fingerprint density at radius 3 is 2.90 bits per heavy atom. The molecule has 1 aromatic heterocycles. The fourth-order valence-corrected chi connectivity index (χ4v) is 1.86. The van der Waals surface area contributed by atoms with Crippen LogP contribution < -0.4 is 11.1 Å². The highest BCUT2D eigenvalue weighted by Gasteiger charge is 2.03. The number of anilines is 1. The molecule has 5 nitrogen and oxygen atoms in total. The largest absolute Gasteiger partial charge is 0.409 e. The number of nitrogens with two attached hydrogens (primary N) is 1. The molecular weight excluding hydrogens is 283 g/mol. The molecule has 0 aliphatic carbocycles. The van der Waals surface area contributed by atoms with Crippen LogP contribution in [-0.4, -0.2) is 16.0 Å². The van der Waals surface area contributed by atoms with E-state index < -0.39 is 5.82 Å². The average molecular weight is 295 g/mol. The van der Waals surface area contributed by atoms with Crippen LogP contribution in [0.1, 0.15) is 11.3 Å². The molecule has 0 saturated heterocycles. The number of benzene rings is 1. The maximum atomic E-state index is 13.2. The Hall–Kier alpha value is -2.34. The van der Waals surface area contributed by atoms with E-state index in [1.807, 2.05) is 0 Å². The van der Waals surface area contributed by atoms with Crippen LogP contribution in [0.5, 0.6) is 0 Å². The molecule has 1 heterocycles. The second kappa shape index (κ2) is 6.21. The van der Waals surface area contributed by atoms with E-state index >= 15 is 0 Å². The Balaban J connectivity index is 2.11. The second-order valence-corrected chi connectivity index (χ2v) is 4.48. The van der Waals surface area contributed by atoms with Gasteiger partial charge in [0, 0.05) is 23.5 Å². The standard InChI is InChI=1S/C13H12ClFN4O/c14-9-4-10(15)6-11(5-9)18-7-8-1-2-17-12(3-8)13(16)19-20/h1-6,18,20H,7H2,(H2,16,19). The molecule has 0 aliphatic rings. The van der Waals surface area contributed by atoms with Crippen LogP contribution in [0, 0.1) is 5.82 Å². The van der Waals surface area contributed by atoms with Crippen molar-refractivity contribution < 1.29 is 9.60 Å². The fourth-order valence-electron chi connectivity index (χ4n) is 1.64. The van der Waals surface area contributed by atoms with Crippen LogP contribution in [0.15, 0.2) is 41.7 Å². The summed E-state index contributed by atoms with van der Waals surface area (Å²) >= 11 is 5.77. The van der Waals surface area contributed by atoms with Gasteiger partial charge in [-0.05, 0) is 35.9 Å². The molecule has 0 aliphatic heterocycles. The third-order valence-corrected chi connectivity index (χ3v) is 2.77. The molecule has 0 bridgehead atoms. The van der Waals surface area contributed by atoms with Gasteiger partial charge in [0.25, 0.3) is 0 Å². The summed E-state index contributed by atoms with van der Waals surface area (Å²) in [4.78, 5) is 3.97. The SMILES string of the molecule is N/C(=N/O)c1cc(CNc2cc(F)cc(Cl)c2)ccn1. The van der Waals surface area contributed by atoms with Gasteiger partial charge in [-0.15, -0.1) is 0 Å². The van der Waals surface area contributed by atoms with Crippen molar-refractivity contribution in [3.63, 3.8) is 0 Å². The highest BCUT2D eigenvalue weighted by atomic mass is 35.5. The molecule has 0 saturated carbocycles. The van der Waals surface area contributed by atoms with Gasteiger partial charge in [-0.25, -0.2) is 4.39 Å². The number of nitrogens with zero attached hydrogens (tertiary/aromatic N) is 2. The van der Waals surface area contributed by atoms with Gasteiger partial charge in [-0.1, -0.05) is 16.8 Å². The number of amidine groups is 1. The van der Waals surface area contributed by atoms with Crippen molar-refractivity contribution in [2.75, 3.05) is 5.32 Å². The highest BCUT2D eigenvalue weighted by Crippen LogP contribution is 2.18. The molecule has 0 spiro atoms. The average Bonchev–Trinajstić information content (AvgIpc) is 2.43. The van der Waals surface area contributed by atoms with E-state index in [0.717, 1.165) is 5.56 Å². The lowest BCUT2D eigenvalue weighted by Crippen LogP contribution is -2.15. The predicted molar refractivity (Wildman–Crippen MR) is 75.5 cm³/mol. The van der Waals surface area contributed by atoms with Crippen molar-refractivity contribution in [1.29, 1.82) is 0 Å². The summed E-state index contributed by atoms with van der Waals surface area (Å²) in [5, 5.41) is 14.8. The number of pyridine rings is 1. The van der Waals surface area contributed by atoms with E-state index in [1.54, 1.807) is 24.4 Å². The summed E-state index contributed by atoms with van der Waals surface area (Å²) in [5.74, 6) is -0.479. The van der Waals surface area contributed by atoms with Gasteiger partial charge in [0.2, 0.25) is 0 Å². The van der Waals surface area contributed by atoms with Gasteiger partial charge >= 0.3 is 0 Å². The third kappa shape index (κ3) is 3.58. The van der Waals surface area contributed by atoms with Gasteiger partial charge < -0.3 is 16.3 Å². The van der Waals surface area contributed by atoms with E-state index in [0.29, 0.717) is 22.9 Å². The number of hydrogen-bond donors (Lipinski definition) is 3. The van der Waals surface area contributed by atoms with E-state index in [-0.39, 0.29) is 5.84 Å². The van der Waals surface area contributed by atoms with Crippen molar-refractivity contribution in [2.24, 2.45) is 10.9 Å². The molecule has 0 radical (unpaired) electrons. The molecule has 104 valence electrons. The minimum absolute atomic E-state index is 0.0688. The Morgan fingerprint density at radius 1 is 1.40 bits per heavy atom. The normalized spacial score (nSPS) is 11.4. The van der Waals surface area contributed by atoms with Crippen LogP contribution in [0.25, 0.3) is 0 Å². The predicted octanol–water partition coefficient (Wildman–Crippen LogP) is 2.58. The molecule has 1 aromatic carbocycles. The molecule has 2 aromatic rings. The number of halogens is 2. The zero-order chi connectivity index (χ0) is 14.5. The van der Waals surface area contributed by atoms with Gasteiger partial charge in [0.05, 0.1) is 0 Å². The number of aromatic nitrogens is 1. The third-order valence-electron chi connectivity index (χ3n) is 2.55. The first-order chi connectivity index (χ1) is 9.58. The second-order valence-electron chi connectivity index (χ2n) is 4.05. The van der Waals surface area contributed by atoms with E-state index in [9.17, 15) is 4.39 Å². The lowest BCUT2D eigenvalue weighted by molar-refractivity contribution is 0.318. The lowest BCUT2D eigenvalue weighted by Gasteiger charge is -2.08. The van der Waals surface area contributed by atoms with E-state index in [2.05, 4.69) is 15.5 Å². The van der Waals surface area contributed by atoms with Gasteiger partial charge in [-0.2, -0.15) is 0 Å². The van der Waals surface area contributed by atoms with Gasteiger partial charge in [0.1, 0.15) is 11.5 Å². The van der Waals surface area contributed by atoms with E-state index in [1.165, 1.54) is 12.1 Å². The summed E-state index contributed by atoms with van der Waals surface area (Å²) in [6, 6.07) is 7.63. The summed E-state index contributed by atoms with van der Waals surface area (Å²) < 4.78 is 13.2. The monoisotopic (exact) mass is 294 g/mol. The number of oxime groups is 1. The number of nitrogens with one attached hydrogen (secondary N) is 1. The van der Waals surface area contributed by atoms with Crippen LogP contribution in [0.3, 0.4) is 0 Å². The molecular formula is C13H12ClFN4O. The summed E-state index contributed by atoms with van der Waals surface area (Å²) in [5.41, 5.74) is 7.24. The molecule has 20 heavy (non-hydrogen) atoms. The minimum Gasteiger partial charge on any atom is -0.409 e. The molecule has 4 N–H and O–H groups in total. The lowest BCUT2D eigenvalue weighted by atomic mass is 10.2. The van der Waals surface area contributed by atoms with E-state index in [4.69, 9.17) is 22.5 Å². The van der Waals surface area contributed by atoms with Crippen molar-refractivity contribution in [1.82, 2.24) is 4.98 Å². The van der Waals surface area contributed by atoms with Crippen molar-refractivity contribution in [2.45, 2.75) is 6.54 Å². The molecule has 2 rings (SSSR count). The molecule has 7 heteroatoms. The zero-order valence-corrected chi connectivity index (χ0v) is 11.1. The first kappa shape index (κ1) is 14.1. The van der Waals surface area contributed by atoms with Gasteiger partial charge in [0.15, 0.2) is 5.84 Å². The number of hydrogen-bond acceptors (Lipinski definition) is 4. The minimum atomic E-state index is -0.410. The first-order valence-electron chi connectivity index (χ1n) is 5.71. The van der Waals surface area contributed by atoms with Crippen LogP contribution in [0.2, 0.25) is 5.02 Å². The smallest absolute Gasteiger partial charge is 0.188 e. The molecule has 0 unspecified atom stereocenters. The molecule has 0 atom stereocenters. The quantitative estimate of drug-likeness (QED) is 0.350. The summed E-state index contributed by atoms with van der Waals surface area (Å²) in [6.45, 7) is 0.425. The summed E-state index contributed by atoms with van der Waals surface area (Å²) in [7, 11) is 0. The van der Waals surface area contributed by atoms with Crippen LogP contribution >= 0.6 is 11.6 Å². The topological polar surface area (TPSA) is 83.5 Å². The highest BCUT2D eigenvalue weighted by molar-refractivity contribution is 6.30. The Labute approximate surface area is 119 Å². The van der Waals surface area contributed by atoms with Crippen LogP contribution in [-0.2, 0) is 6.54 Å². The molecule has 0 amide bonds. The fraction of sp³-hybridized carbons (Fsp3) is 0.0769. The Kier molecular flexibility index (Phi) is 4.37. The Bertz CT molecular complexity index is 628. The zero-order valence-electron chi connectivity index (χ0n) is 10.3. The first-order valence-corrected chi connectivity index (χ1v) is 6.09. The maximum Gasteiger partial charge on any atom is 0.188 e.